The number of rotatable bonds is 10. The van der Waals surface area contributed by atoms with Crippen LogP contribution in [-0.4, -0.2) is 45.3 Å². The van der Waals surface area contributed by atoms with E-state index >= 15 is 0 Å². The van der Waals surface area contributed by atoms with Crippen LogP contribution in [0, 0.1) is 5.82 Å². The van der Waals surface area contributed by atoms with Crippen molar-refractivity contribution in [1.29, 1.82) is 0 Å². The molecule has 11 heteroatoms. The Morgan fingerprint density at radius 2 is 1.81 bits per heavy atom. The number of fused-ring (bicyclic) bond motifs is 1. The molecule has 4 aromatic rings. The predicted octanol–water partition coefficient (Wildman–Crippen LogP) is 2.77. The van der Waals surface area contributed by atoms with Crippen molar-refractivity contribution in [2.45, 2.75) is 26.4 Å². The molecule has 188 valence electrons. The smallest absolute Gasteiger partial charge is 0.332 e. The molecule has 0 spiro atoms. The number of carbonyl (C=O) groups is 1. The summed E-state index contributed by atoms with van der Waals surface area (Å²) in [5, 5.41) is 2.62. The van der Waals surface area contributed by atoms with Crippen molar-refractivity contribution in [1.82, 2.24) is 19.1 Å². The first-order valence-corrected chi connectivity index (χ1v) is 11.4. The predicted molar refractivity (Wildman–Crippen MR) is 133 cm³/mol. The van der Waals surface area contributed by atoms with Crippen LogP contribution in [0.2, 0.25) is 0 Å². The molecular weight excluding hydrogens is 469 g/mol. The molecule has 0 saturated heterocycles. The van der Waals surface area contributed by atoms with Gasteiger partial charge in [0.15, 0.2) is 12.3 Å². The number of benzene rings is 2. The van der Waals surface area contributed by atoms with Gasteiger partial charge in [0.05, 0.1) is 0 Å². The first-order chi connectivity index (χ1) is 17.4. The number of halogens is 1. The van der Waals surface area contributed by atoms with E-state index in [-0.39, 0.29) is 30.4 Å². The summed E-state index contributed by atoms with van der Waals surface area (Å²) < 4.78 is 26.3. The lowest BCUT2D eigenvalue weighted by atomic mass is 10.2. The quantitative estimate of drug-likeness (QED) is 0.327. The maximum atomic E-state index is 13.0. The van der Waals surface area contributed by atoms with E-state index in [1.54, 1.807) is 38.3 Å². The molecule has 2 N–H and O–H groups in total. The number of ether oxygens (including phenoxy) is 2. The third kappa shape index (κ3) is 5.36. The second kappa shape index (κ2) is 11.0. The van der Waals surface area contributed by atoms with Gasteiger partial charge < -0.3 is 19.8 Å². The molecule has 0 fully saturated rings. The molecule has 0 unspecified atom stereocenters. The lowest BCUT2D eigenvalue weighted by Gasteiger charge is -2.09. The largest absolute Gasteiger partial charge is 0.484 e. The van der Waals surface area contributed by atoms with Gasteiger partial charge in [0, 0.05) is 38.1 Å². The fraction of sp³-hybridized carbons (Fsp3) is 0.280. The van der Waals surface area contributed by atoms with Crippen molar-refractivity contribution in [3.63, 3.8) is 0 Å². The van der Waals surface area contributed by atoms with Crippen LogP contribution in [0.1, 0.15) is 13.3 Å². The van der Waals surface area contributed by atoms with Crippen molar-refractivity contribution in [3.8, 4) is 17.1 Å². The maximum Gasteiger partial charge on any atom is 0.332 e. The van der Waals surface area contributed by atoms with Crippen LogP contribution in [0.4, 0.5) is 10.1 Å². The maximum absolute atomic E-state index is 13.0. The molecule has 10 nitrogen and oxygen atoms in total. The van der Waals surface area contributed by atoms with E-state index in [2.05, 4.69) is 15.3 Å². The van der Waals surface area contributed by atoms with E-state index in [1.165, 1.54) is 33.4 Å². The molecule has 0 atom stereocenters. The van der Waals surface area contributed by atoms with Crippen LogP contribution >= 0.6 is 0 Å². The number of anilines is 1. The van der Waals surface area contributed by atoms with Gasteiger partial charge in [-0.2, -0.15) is 0 Å². The molecule has 2 aromatic carbocycles. The van der Waals surface area contributed by atoms with E-state index in [0.29, 0.717) is 48.0 Å². The summed E-state index contributed by atoms with van der Waals surface area (Å²) in [6.07, 6.45) is 0.594. The minimum absolute atomic E-state index is 0.230. The Bertz CT molecular complexity index is 1470. The number of hydrogen-bond acceptors (Lipinski definition) is 6. The molecule has 0 saturated carbocycles. The molecular formula is C25H26FN5O5. The van der Waals surface area contributed by atoms with E-state index in [9.17, 15) is 18.8 Å². The van der Waals surface area contributed by atoms with Crippen LogP contribution in [0.3, 0.4) is 0 Å². The minimum Gasteiger partial charge on any atom is -0.484 e. The van der Waals surface area contributed by atoms with Gasteiger partial charge in [-0.15, -0.1) is 0 Å². The molecule has 2 aromatic heterocycles. The number of nitrogens with one attached hydrogen (secondary N) is 2. The summed E-state index contributed by atoms with van der Waals surface area (Å²) in [6.45, 7) is 2.59. The van der Waals surface area contributed by atoms with Crippen molar-refractivity contribution >= 4 is 22.8 Å². The van der Waals surface area contributed by atoms with E-state index in [1.807, 2.05) is 0 Å². The number of aromatic nitrogens is 4. The number of hydrogen-bond donors (Lipinski definition) is 2. The molecule has 0 radical (unpaired) electrons. The highest BCUT2D eigenvalue weighted by Crippen LogP contribution is 2.22. The molecule has 36 heavy (non-hydrogen) atoms. The van der Waals surface area contributed by atoms with Crippen LogP contribution in [0.25, 0.3) is 22.6 Å². The first kappa shape index (κ1) is 24.9. The molecule has 1 amide bonds. The number of amides is 1. The first-order valence-electron chi connectivity index (χ1n) is 11.4. The van der Waals surface area contributed by atoms with Gasteiger partial charge in [0.25, 0.3) is 11.5 Å². The number of carbonyl (C=O) groups excluding carboxylic acids is 1. The van der Waals surface area contributed by atoms with Crippen molar-refractivity contribution in [3.05, 3.63) is 75.2 Å². The molecule has 0 bridgehead atoms. The fourth-order valence-corrected chi connectivity index (χ4v) is 3.74. The van der Waals surface area contributed by atoms with E-state index < -0.39 is 11.2 Å². The number of imidazole rings is 1. The number of H-pyrrole nitrogens is 1. The number of methoxy groups -OCH3 is 1. The highest BCUT2D eigenvalue weighted by molar-refractivity contribution is 5.91. The van der Waals surface area contributed by atoms with Crippen LogP contribution in [-0.2, 0) is 22.6 Å². The molecule has 0 aliphatic heterocycles. The van der Waals surface area contributed by atoms with Gasteiger partial charge in [0.2, 0.25) is 0 Å². The summed E-state index contributed by atoms with van der Waals surface area (Å²) in [5.41, 5.74) is 0.846. The molecule has 2 heterocycles. The molecule has 0 aliphatic rings. The highest BCUT2D eigenvalue weighted by Gasteiger charge is 2.17. The Kier molecular flexibility index (Phi) is 7.59. The summed E-state index contributed by atoms with van der Waals surface area (Å²) in [5.74, 6) is 0.103. The van der Waals surface area contributed by atoms with Gasteiger partial charge in [-0.05, 0) is 61.9 Å². The standard InChI is InChI=1S/C25H26FN5O5/c1-3-30-24(33)21-23(31(25(30)34)13-4-14-35-2)29-22(28-21)16-5-11-19(12-6-16)36-15-20(32)27-18-9-7-17(26)8-10-18/h5-12H,3-4,13-15H2,1-2H3,(H,27,32)(H,28,29). The normalized spacial score (nSPS) is 11.1. The fourth-order valence-electron chi connectivity index (χ4n) is 3.74. The Balaban J connectivity index is 1.51. The zero-order chi connectivity index (χ0) is 25.7. The van der Waals surface area contributed by atoms with Crippen LogP contribution < -0.4 is 21.3 Å². The average Bonchev–Trinajstić information content (AvgIpc) is 3.32. The van der Waals surface area contributed by atoms with Gasteiger partial charge in [-0.1, -0.05) is 0 Å². The Labute approximate surface area is 205 Å². The Morgan fingerprint density at radius 3 is 2.47 bits per heavy atom. The lowest BCUT2D eigenvalue weighted by Crippen LogP contribution is -2.39. The summed E-state index contributed by atoms with van der Waals surface area (Å²) in [7, 11) is 1.59. The van der Waals surface area contributed by atoms with Gasteiger partial charge in [-0.25, -0.2) is 14.2 Å². The van der Waals surface area contributed by atoms with Gasteiger partial charge in [-0.3, -0.25) is 18.7 Å². The minimum atomic E-state index is -0.425. The zero-order valence-corrected chi connectivity index (χ0v) is 19.9. The summed E-state index contributed by atoms with van der Waals surface area (Å²) >= 11 is 0. The summed E-state index contributed by atoms with van der Waals surface area (Å²) in [4.78, 5) is 45.3. The topological polar surface area (TPSA) is 120 Å². The highest BCUT2D eigenvalue weighted by atomic mass is 19.1. The third-order valence-corrected chi connectivity index (χ3v) is 5.53. The second-order valence-corrected chi connectivity index (χ2v) is 7.98. The number of aromatic amines is 1. The van der Waals surface area contributed by atoms with Crippen LogP contribution in [0.15, 0.2) is 58.1 Å². The molecule has 4 rings (SSSR count). The SMILES string of the molecule is CCn1c(=O)c2[nH]c(-c3ccc(OCC(=O)Nc4ccc(F)cc4)cc3)nc2n(CCCOC)c1=O. The Hall–Kier alpha value is -4.25. The lowest BCUT2D eigenvalue weighted by molar-refractivity contribution is -0.118. The average molecular weight is 496 g/mol. The van der Waals surface area contributed by atoms with E-state index in [0.717, 1.165) is 0 Å². The number of nitrogens with zero attached hydrogens (tertiary/aromatic N) is 3. The summed E-state index contributed by atoms with van der Waals surface area (Å²) in [6, 6.07) is 12.2. The Morgan fingerprint density at radius 1 is 1.08 bits per heavy atom. The van der Waals surface area contributed by atoms with Crippen LogP contribution in [0.5, 0.6) is 5.75 Å². The third-order valence-electron chi connectivity index (χ3n) is 5.53. The van der Waals surface area contributed by atoms with Crippen molar-refractivity contribution in [2.24, 2.45) is 0 Å². The second-order valence-electron chi connectivity index (χ2n) is 7.98. The molecule has 0 aliphatic carbocycles. The number of aryl methyl sites for hydroxylation is 1. The zero-order valence-electron chi connectivity index (χ0n) is 19.9. The van der Waals surface area contributed by atoms with E-state index in [4.69, 9.17) is 9.47 Å². The van der Waals surface area contributed by atoms with Gasteiger partial charge in [0.1, 0.15) is 22.9 Å². The van der Waals surface area contributed by atoms with Crippen molar-refractivity contribution in [2.75, 3.05) is 25.6 Å². The van der Waals surface area contributed by atoms with Crippen molar-refractivity contribution < 1.29 is 18.7 Å². The van der Waals surface area contributed by atoms with Gasteiger partial charge >= 0.3 is 5.69 Å². The monoisotopic (exact) mass is 495 g/mol.